The van der Waals surface area contributed by atoms with Crippen molar-refractivity contribution in [3.63, 3.8) is 0 Å². The van der Waals surface area contributed by atoms with Crippen molar-refractivity contribution in [2.45, 2.75) is 51.4 Å². The van der Waals surface area contributed by atoms with Gasteiger partial charge in [-0.2, -0.15) is 0 Å². The van der Waals surface area contributed by atoms with E-state index < -0.39 is 0 Å². The van der Waals surface area contributed by atoms with Gasteiger partial charge in [0.25, 0.3) is 0 Å². The van der Waals surface area contributed by atoms with Crippen LogP contribution >= 0.6 is 0 Å². The lowest BCUT2D eigenvalue weighted by atomic mass is 9.71. The van der Waals surface area contributed by atoms with Crippen molar-refractivity contribution in [3.05, 3.63) is 47.5 Å². The first-order chi connectivity index (χ1) is 8.69. The van der Waals surface area contributed by atoms with E-state index in [-0.39, 0.29) is 11.2 Å². The van der Waals surface area contributed by atoms with E-state index in [0.717, 1.165) is 6.42 Å². The van der Waals surface area contributed by atoms with Crippen molar-refractivity contribution < 1.29 is 4.79 Å². The molecule has 0 saturated heterocycles. The third-order valence-corrected chi connectivity index (χ3v) is 4.14. The highest BCUT2D eigenvalue weighted by Gasteiger charge is 2.39. The molecule has 0 bridgehead atoms. The van der Waals surface area contributed by atoms with Crippen LogP contribution in [0, 0.1) is 0 Å². The van der Waals surface area contributed by atoms with Crippen LogP contribution in [-0.2, 0) is 10.2 Å². The Balaban J connectivity index is 2.30. The molecule has 1 heteroatoms. The van der Waals surface area contributed by atoms with E-state index in [9.17, 15) is 4.79 Å². The molecular formula is C17H22O. The number of carbonyl (C=O) groups excluding carboxylic acids is 1. The summed E-state index contributed by atoms with van der Waals surface area (Å²) in [6.45, 7) is 4.33. The molecule has 1 aromatic carbocycles. The van der Waals surface area contributed by atoms with Crippen LogP contribution in [0.15, 0.2) is 42.0 Å². The van der Waals surface area contributed by atoms with Gasteiger partial charge in [0.1, 0.15) is 0 Å². The van der Waals surface area contributed by atoms with Gasteiger partial charge in [-0.25, -0.2) is 0 Å². The molecule has 1 aromatic rings. The largest absolute Gasteiger partial charge is 0.295 e. The van der Waals surface area contributed by atoms with E-state index in [4.69, 9.17) is 0 Å². The minimum Gasteiger partial charge on any atom is -0.295 e. The highest BCUT2D eigenvalue weighted by atomic mass is 16.1. The third-order valence-electron chi connectivity index (χ3n) is 4.14. The quantitative estimate of drug-likeness (QED) is 0.698. The fourth-order valence-electron chi connectivity index (χ4n) is 3.06. The number of benzene rings is 1. The standard InChI is InChI=1S/C17H22O/c1-3-4-8-11-17(13-16(18)12-14(17)2)15-9-6-5-7-10-15/h5-7,9-10,12H,3-4,8,11,13H2,1-2H3. The number of ketones is 1. The number of hydrogen-bond donors (Lipinski definition) is 0. The molecule has 1 unspecified atom stereocenters. The molecule has 1 nitrogen and oxygen atoms in total. The van der Waals surface area contributed by atoms with Gasteiger partial charge >= 0.3 is 0 Å². The Labute approximate surface area is 110 Å². The van der Waals surface area contributed by atoms with Crippen molar-refractivity contribution in [2.24, 2.45) is 0 Å². The van der Waals surface area contributed by atoms with Gasteiger partial charge in [0.2, 0.25) is 0 Å². The maximum absolute atomic E-state index is 11.8. The minimum absolute atomic E-state index is 0.0203. The third kappa shape index (κ3) is 2.40. The van der Waals surface area contributed by atoms with Crippen molar-refractivity contribution in [1.82, 2.24) is 0 Å². The maximum Gasteiger partial charge on any atom is 0.156 e. The Hall–Kier alpha value is -1.37. The topological polar surface area (TPSA) is 17.1 Å². The molecule has 0 amide bonds. The Morgan fingerprint density at radius 2 is 1.89 bits per heavy atom. The summed E-state index contributed by atoms with van der Waals surface area (Å²) < 4.78 is 0. The van der Waals surface area contributed by atoms with Gasteiger partial charge in [-0.15, -0.1) is 0 Å². The predicted molar refractivity (Wildman–Crippen MR) is 75.6 cm³/mol. The molecule has 1 aliphatic rings. The normalized spacial score (nSPS) is 23.2. The number of rotatable bonds is 5. The fourth-order valence-corrected chi connectivity index (χ4v) is 3.06. The van der Waals surface area contributed by atoms with E-state index in [1.54, 1.807) is 0 Å². The number of carbonyl (C=O) groups is 1. The molecule has 0 spiro atoms. The van der Waals surface area contributed by atoms with Crippen molar-refractivity contribution in [3.8, 4) is 0 Å². The number of allylic oxidation sites excluding steroid dienone is 2. The first kappa shape index (κ1) is 13.1. The second-order valence-electron chi connectivity index (χ2n) is 5.38. The van der Waals surface area contributed by atoms with Gasteiger partial charge in [0, 0.05) is 11.8 Å². The van der Waals surface area contributed by atoms with Gasteiger partial charge in [-0.3, -0.25) is 4.79 Å². The van der Waals surface area contributed by atoms with Crippen LogP contribution in [0.4, 0.5) is 0 Å². The van der Waals surface area contributed by atoms with Gasteiger partial charge in [0.15, 0.2) is 5.78 Å². The van der Waals surface area contributed by atoms with E-state index in [2.05, 4.69) is 38.1 Å². The molecule has 96 valence electrons. The summed E-state index contributed by atoms with van der Waals surface area (Å²) >= 11 is 0. The minimum atomic E-state index is -0.0203. The zero-order valence-corrected chi connectivity index (χ0v) is 11.4. The smallest absolute Gasteiger partial charge is 0.156 e. The Morgan fingerprint density at radius 3 is 2.44 bits per heavy atom. The van der Waals surface area contributed by atoms with Gasteiger partial charge in [0.05, 0.1) is 0 Å². The van der Waals surface area contributed by atoms with Crippen LogP contribution in [0.5, 0.6) is 0 Å². The highest BCUT2D eigenvalue weighted by molar-refractivity contribution is 5.95. The predicted octanol–water partition coefficient (Wildman–Crippen LogP) is 4.42. The van der Waals surface area contributed by atoms with Gasteiger partial charge in [-0.1, -0.05) is 62.1 Å². The van der Waals surface area contributed by atoms with E-state index in [1.807, 2.05) is 12.1 Å². The zero-order chi connectivity index (χ0) is 13.0. The van der Waals surface area contributed by atoms with Crippen LogP contribution in [0.3, 0.4) is 0 Å². The lowest BCUT2D eigenvalue weighted by molar-refractivity contribution is -0.114. The molecule has 1 aliphatic carbocycles. The second-order valence-corrected chi connectivity index (χ2v) is 5.38. The number of hydrogen-bond acceptors (Lipinski definition) is 1. The molecule has 0 aliphatic heterocycles. The average molecular weight is 242 g/mol. The molecule has 0 N–H and O–H groups in total. The Morgan fingerprint density at radius 1 is 1.17 bits per heavy atom. The second kappa shape index (κ2) is 5.51. The fraction of sp³-hybridized carbons (Fsp3) is 0.471. The summed E-state index contributed by atoms with van der Waals surface area (Å²) in [5, 5.41) is 0. The summed E-state index contributed by atoms with van der Waals surface area (Å²) in [6, 6.07) is 10.5. The molecule has 0 heterocycles. The molecule has 1 atom stereocenters. The lowest BCUT2D eigenvalue weighted by Gasteiger charge is -2.31. The maximum atomic E-state index is 11.8. The Bertz CT molecular complexity index is 444. The van der Waals surface area contributed by atoms with Crippen LogP contribution in [0.25, 0.3) is 0 Å². The molecule has 2 rings (SSSR count). The molecular weight excluding hydrogens is 220 g/mol. The SMILES string of the molecule is CCCCCC1(c2ccccc2)CC(=O)C=C1C. The van der Waals surface area contributed by atoms with Crippen LogP contribution in [-0.4, -0.2) is 5.78 Å². The van der Waals surface area contributed by atoms with E-state index in [0.29, 0.717) is 6.42 Å². The first-order valence-electron chi connectivity index (χ1n) is 6.96. The molecule has 0 saturated carbocycles. The van der Waals surface area contributed by atoms with Crippen LogP contribution in [0.2, 0.25) is 0 Å². The first-order valence-corrected chi connectivity index (χ1v) is 6.96. The summed E-state index contributed by atoms with van der Waals surface area (Å²) in [4.78, 5) is 11.8. The van der Waals surface area contributed by atoms with E-state index in [1.165, 1.54) is 30.4 Å². The van der Waals surface area contributed by atoms with Crippen molar-refractivity contribution >= 4 is 5.78 Å². The van der Waals surface area contributed by atoms with Crippen LogP contribution in [0.1, 0.15) is 51.5 Å². The van der Waals surface area contributed by atoms with E-state index >= 15 is 0 Å². The zero-order valence-electron chi connectivity index (χ0n) is 11.4. The van der Waals surface area contributed by atoms with Gasteiger partial charge < -0.3 is 0 Å². The van der Waals surface area contributed by atoms with Crippen molar-refractivity contribution in [2.75, 3.05) is 0 Å². The summed E-state index contributed by atoms with van der Waals surface area (Å²) in [7, 11) is 0. The monoisotopic (exact) mass is 242 g/mol. The molecule has 18 heavy (non-hydrogen) atoms. The molecule has 0 radical (unpaired) electrons. The summed E-state index contributed by atoms with van der Waals surface area (Å²) in [6.07, 6.45) is 7.27. The van der Waals surface area contributed by atoms with Gasteiger partial charge in [-0.05, 0) is 25.0 Å². The number of unbranched alkanes of at least 4 members (excludes halogenated alkanes) is 2. The van der Waals surface area contributed by atoms with Crippen molar-refractivity contribution in [1.29, 1.82) is 0 Å². The summed E-state index contributed by atoms with van der Waals surface area (Å²) in [5.74, 6) is 0.285. The Kier molecular flexibility index (Phi) is 4.00. The van der Waals surface area contributed by atoms with Crippen LogP contribution < -0.4 is 0 Å². The summed E-state index contributed by atoms with van der Waals surface area (Å²) in [5.41, 5.74) is 2.53. The average Bonchev–Trinajstić information content (AvgIpc) is 2.67. The highest BCUT2D eigenvalue weighted by Crippen LogP contribution is 2.44. The lowest BCUT2D eigenvalue weighted by Crippen LogP contribution is -2.25. The molecule has 0 fully saturated rings. The molecule has 0 aromatic heterocycles.